The molecule has 5 rings (SSSR count). The number of Topliss-reactive ketones (excluding diaryl/α,β-unsaturated/α-hetero) is 1. The van der Waals surface area contributed by atoms with Crippen molar-refractivity contribution in [2.75, 3.05) is 6.16 Å². The van der Waals surface area contributed by atoms with Gasteiger partial charge in [-0.1, -0.05) is 159 Å². The van der Waals surface area contributed by atoms with Crippen molar-refractivity contribution in [3.05, 3.63) is 95.6 Å². The molecule has 0 aliphatic heterocycles. The summed E-state index contributed by atoms with van der Waals surface area (Å²) in [6.07, 6.45) is 13.4. The van der Waals surface area contributed by atoms with E-state index in [0.29, 0.717) is 23.3 Å². The van der Waals surface area contributed by atoms with Gasteiger partial charge in [0.05, 0.1) is 12.2 Å². The van der Waals surface area contributed by atoms with Crippen LogP contribution in [0.4, 0.5) is 0 Å². The lowest BCUT2D eigenvalue weighted by atomic mass is 9.66. The fourth-order valence-corrected chi connectivity index (χ4v) is 14.1. The zero-order valence-corrected chi connectivity index (χ0v) is 43.0. The van der Waals surface area contributed by atoms with Crippen molar-refractivity contribution >= 4 is 40.2 Å². The fourth-order valence-electron chi connectivity index (χ4n) is 8.93. The molecule has 4 nitrogen and oxygen atoms in total. The van der Waals surface area contributed by atoms with Crippen LogP contribution in [0.25, 0.3) is 0 Å². The summed E-state index contributed by atoms with van der Waals surface area (Å²) in [6, 6.07) is 19.9. The third-order valence-electron chi connectivity index (χ3n) is 14.8. The molecule has 3 saturated carbocycles. The van der Waals surface area contributed by atoms with Gasteiger partial charge in [-0.15, -0.1) is 0 Å². The molecular weight excluding hydrogens is 776 g/mol. The maximum Gasteiger partial charge on any atom is 0.192 e. The molecule has 0 unspecified atom stereocenters. The summed E-state index contributed by atoms with van der Waals surface area (Å²) in [4.78, 5) is 12.2. The van der Waals surface area contributed by atoms with Crippen LogP contribution in [0.15, 0.2) is 95.6 Å². The lowest BCUT2D eigenvalue weighted by Gasteiger charge is -2.46. The second-order valence-corrected chi connectivity index (χ2v) is 35.1. The van der Waals surface area contributed by atoms with Gasteiger partial charge in [0.25, 0.3) is 0 Å². The number of carbonyl (C=O) groups is 1. The first kappa shape index (κ1) is 49.6. The van der Waals surface area contributed by atoms with E-state index in [-0.39, 0.29) is 27.7 Å². The van der Waals surface area contributed by atoms with Gasteiger partial charge in [0.15, 0.2) is 16.6 Å². The third kappa shape index (κ3) is 12.3. The van der Waals surface area contributed by atoms with Crippen molar-refractivity contribution in [1.82, 2.24) is 0 Å². The summed E-state index contributed by atoms with van der Waals surface area (Å²) in [7, 11) is -6.92. The number of rotatable bonds is 11. The van der Waals surface area contributed by atoms with E-state index in [1.165, 1.54) is 37.7 Å². The molecule has 0 N–H and O–H groups in total. The lowest BCUT2D eigenvalue weighted by molar-refractivity contribution is -0.127. The summed E-state index contributed by atoms with van der Waals surface area (Å²) in [6.45, 7) is 39.1. The highest BCUT2D eigenvalue weighted by Gasteiger charge is 2.49. The van der Waals surface area contributed by atoms with Crippen LogP contribution in [0.1, 0.15) is 140 Å². The highest BCUT2D eigenvalue weighted by atomic mass is 31.2. The first-order valence-corrected chi connectivity index (χ1v) is 30.5. The maximum absolute atomic E-state index is 14.7. The van der Waals surface area contributed by atoms with E-state index in [9.17, 15) is 9.36 Å². The molecule has 0 amide bonds. The molecule has 3 aliphatic carbocycles. The van der Waals surface area contributed by atoms with Crippen molar-refractivity contribution in [3.63, 3.8) is 0 Å². The number of benzene rings is 2. The minimum absolute atomic E-state index is 0.0894. The second-order valence-electron chi connectivity index (χ2n) is 22.7. The van der Waals surface area contributed by atoms with Crippen LogP contribution in [0.2, 0.25) is 36.3 Å². The minimum atomic E-state index is -2.84. The van der Waals surface area contributed by atoms with Gasteiger partial charge < -0.3 is 13.4 Å². The lowest BCUT2D eigenvalue weighted by Crippen LogP contribution is -2.49. The Morgan fingerprint density at radius 3 is 1.73 bits per heavy atom. The monoisotopic (exact) mass is 859 g/mol. The molecule has 0 aromatic heterocycles. The summed E-state index contributed by atoms with van der Waals surface area (Å²) >= 11 is 0. The normalized spacial score (nSPS) is 24.3. The van der Waals surface area contributed by atoms with Crippen LogP contribution < -0.4 is 10.6 Å². The van der Waals surface area contributed by atoms with Crippen LogP contribution in [0, 0.1) is 16.7 Å². The van der Waals surface area contributed by atoms with E-state index in [1.54, 1.807) is 11.1 Å². The molecular formula is C52H83O4PSi2. The van der Waals surface area contributed by atoms with Gasteiger partial charge >= 0.3 is 0 Å². The molecule has 3 aliphatic rings. The van der Waals surface area contributed by atoms with E-state index < -0.39 is 23.8 Å². The predicted octanol–water partition coefficient (Wildman–Crippen LogP) is 14.7. The molecule has 59 heavy (non-hydrogen) atoms. The van der Waals surface area contributed by atoms with Gasteiger partial charge in [0.1, 0.15) is 12.9 Å². The van der Waals surface area contributed by atoms with Crippen molar-refractivity contribution in [1.29, 1.82) is 0 Å². The maximum atomic E-state index is 14.7. The average Bonchev–Trinajstić information content (AvgIpc) is 3.50. The van der Waals surface area contributed by atoms with E-state index in [0.717, 1.165) is 48.3 Å². The van der Waals surface area contributed by atoms with Gasteiger partial charge in [0.2, 0.25) is 0 Å². The number of hydrogen-bond donors (Lipinski definition) is 0. The fraction of sp³-hybridized carbons (Fsp3) is 0.635. The Balaban J connectivity index is 0.000000321. The molecule has 0 bridgehead atoms. The smallest absolute Gasteiger partial charge is 0.192 e. The Morgan fingerprint density at radius 2 is 1.29 bits per heavy atom. The summed E-state index contributed by atoms with van der Waals surface area (Å²) in [5.74, 6) is 0.875. The molecule has 2 aromatic carbocycles. The largest absolute Gasteiger partial charge is 0.410 e. The van der Waals surface area contributed by atoms with Crippen molar-refractivity contribution in [3.8, 4) is 0 Å². The minimum Gasteiger partial charge on any atom is -0.410 e. The van der Waals surface area contributed by atoms with E-state index in [2.05, 4.69) is 115 Å². The van der Waals surface area contributed by atoms with E-state index in [1.807, 2.05) is 60.7 Å². The Bertz CT molecular complexity index is 1770. The average molecular weight is 859 g/mol. The van der Waals surface area contributed by atoms with Crippen LogP contribution in [-0.4, -0.2) is 40.8 Å². The molecule has 2 aromatic rings. The summed E-state index contributed by atoms with van der Waals surface area (Å²) in [5, 5.41) is 1.99. The predicted molar refractivity (Wildman–Crippen MR) is 261 cm³/mol. The summed E-state index contributed by atoms with van der Waals surface area (Å²) < 4.78 is 28.7. The second kappa shape index (κ2) is 19.1. The summed E-state index contributed by atoms with van der Waals surface area (Å²) in [5.41, 5.74) is 6.21. The number of ketones is 1. The van der Waals surface area contributed by atoms with Crippen LogP contribution in [-0.2, 0) is 18.2 Å². The number of fused-ring (bicyclic) bond motifs is 1. The van der Waals surface area contributed by atoms with Gasteiger partial charge in [-0.05, 0) is 117 Å². The molecule has 328 valence electrons. The molecule has 0 saturated heterocycles. The first-order valence-electron chi connectivity index (χ1n) is 22.8. The van der Waals surface area contributed by atoms with Crippen molar-refractivity contribution < 1.29 is 18.2 Å². The number of allylic oxidation sites excluding steroid dienone is 3. The Morgan fingerprint density at radius 1 is 0.814 bits per heavy atom. The van der Waals surface area contributed by atoms with Crippen molar-refractivity contribution in [2.45, 2.75) is 189 Å². The Hall–Kier alpha value is -2.09. The SMILES string of the molecule is C/C(CCCC(C)(C)C)=C1\CC[C@H]2C(=O)CCC[C@]12C.C=C1[C@H](O[Si](C)(C)C(C)(C)C)CC(=CCP(=O)(c2ccccc2)c2ccccc2)C[C@H]1O[Si](C)(C)C(C)(C)C. The van der Waals surface area contributed by atoms with Gasteiger partial charge in [0, 0.05) is 29.1 Å². The van der Waals surface area contributed by atoms with Gasteiger partial charge in [-0.25, -0.2) is 0 Å². The van der Waals surface area contributed by atoms with E-state index in [4.69, 9.17) is 8.85 Å². The highest BCUT2D eigenvalue weighted by molar-refractivity contribution is 7.78. The molecule has 0 radical (unpaired) electrons. The first-order chi connectivity index (χ1) is 27.1. The standard InChI is InChI=1S/C33H51O3PSi2.C19H32O/c1-26-30(35-38(8,9)32(2,3)4)24-27(25-31(26)36-39(10,11)33(5,6)7)22-23-37(34,28-18-14-12-15-19-28)29-20-16-13-17-21-29;1-14(8-6-12-18(2,3)4)15-10-11-16-17(20)9-7-13-19(15,16)5/h12-22,30-31H,1,23-25H2,2-11H3;16H,6-13H2,1-5H3/b;15-14-/t30-,31-;16-,19+/m10/s1. The molecule has 0 heterocycles. The molecule has 4 atom stereocenters. The highest BCUT2D eigenvalue weighted by Crippen LogP contribution is 2.55. The Kier molecular flexibility index (Phi) is 16.1. The molecule has 0 spiro atoms. The van der Waals surface area contributed by atoms with Crippen LogP contribution in [0.5, 0.6) is 0 Å². The topological polar surface area (TPSA) is 52.6 Å². The zero-order valence-electron chi connectivity index (χ0n) is 40.1. The van der Waals surface area contributed by atoms with Gasteiger partial charge in [-0.2, -0.15) is 0 Å². The van der Waals surface area contributed by atoms with Crippen LogP contribution in [0.3, 0.4) is 0 Å². The molecule has 3 fully saturated rings. The third-order valence-corrected chi connectivity index (χ3v) is 26.8. The zero-order chi connectivity index (χ0) is 44.2. The molecule has 7 heteroatoms. The quantitative estimate of drug-likeness (QED) is 0.128. The Labute approximate surface area is 364 Å². The van der Waals surface area contributed by atoms with Crippen molar-refractivity contribution in [2.24, 2.45) is 16.7 Å². The number of carbonyl (C=O) groups excluding carboxylic acids is 1. The number of hydrogen-bond acceptors (Lipinski definition) is 4. The van der Waals surface area contributed by atoms with E-state index >= 15 is 0 Å². The van der Waals surface area contributed by atoms with Gasteiger partial charge in [-0.3, -0.25) is 4.79 Å². The van der Waals surface area contributed by atoms with Crippen LogP contribution >= 0.6 is 7.14 Å².